The first-order chi connectivity index (χ1) is 13.8. The number of carbonyl (C=O) groups is 2. The van der Waals surface area contributed by atoms with Crippen LogP contribution in [0, 0.1) is 13.8 Å². The third-order valence-electron chi connectivity index (χ3n) is 5.60. The highest BCUT2D eigenvalue weighted by Crippen LogP contribution is 2.22. The first-order valence-corrected chi connectivity index (χ1v) is 10.2. The summed E-state index contributed by atoms with van der Waals surface area (Å²) in [6.07, 6.45) is 3.33. The summed E-state index contributed by atoms with van der Waals surface area (Å²) in [5, 5.41) is 15.3. The maximum Gasteiger partial charge on any atom is 0.347 e. The van der Waals surface area contributed by atoms with E-state index >= 15 is 0 Å². The van der Waals surface area contributed by atoms with Crippen molar-refractivity contribution in [2.45, 2.75) is 26.7 Å². The quantitative estimate of drug-likeness (QED) is 0.427. The Morgan fingerprint density at radius 3 is 2.31 bits per heavy atom. The summed E-state index contributed by atoms with van der Waals surface area (Å²) in [6, 6.07) is 3.23. The van der Waals surface area contributed by atoms with Gasteiger partial charge in [0.05, 0.1) is 6.21 Å². The highest BCUT2D eigenvalue weighted by Gasteiger charge is 2.35. The van der Waals surface area contributed by atoms with Gasteiger partial charge >= 0.3 is 6.03 Å². The third kappa shape index (κ3) is 5.33. The summed E-state index contributed by atoms with van der Waals surface area (Å²) in [6.45, 7) is 9.40. The van der Waals surface area contributed by atoms with Gasteiger partial charge in [0.1, 0.15) is 12.3 Å². The number of nitrogens with zero attached hydrogens (tertiary/aromatic N) is 5. The lowest BCUT2D eigenvalue weighted by atomic mass is 10.1. The second-order valence-corrected chi connectivity index (χ2v) is 7.99. The Morgan fingerprint density at radius 2 is 1.66 bits per heavy atom. The summed E-state index contributed by atoms with van der Waals surface area (Å²) < 4.78 is 0. The average molecular weight is 402 g/mol. The molecule has 1 aromatic rings. The van der Waals surface area contributed by atoms with E-state index in [9.17, 15) is 14.7 Å². The van der Waals surface area contributed by atoms with Crippen molar-refractivity contribution in [2.75, 3.05) is 52.9 Å². The Morgan fingerprint density at radius 1 is 1.03 bits per heavy atom. The molecule has 3 rings (SSSR count). The number of phenols is 1. The van der Waals surface area contributed by atoms with Gasteiger partial charge in [-0.2, -0.15) is 5.10 Å². The van der Waals surface area contributed by atoms with Gasteiger partial charge in [0.25, 0.3) is 5.91 Å². The fraction of sp³-hybridized carbons (Fsp3) is 0.571. The van der Waals surface area contributed by atoms with Crippen molar-refractivity contribution in [3.63, 3.8) is 0 Å². The molecule has 2 fully saturated rings. The molecule has 0 unspecified atom stereocenters. The minimum Gasteiger partial charge on any atom is -0.507 e. The Balaban J connectivity index is 1.48. The monoisotopic (exact) mass is 401 g/mol. The van der Waals surface area contributed by atoms with Crippen molar-refractivity contribution in [3.05, 3.63) is 28.8 Å². The summed E-state index contributed by atoms with van der Waals surface area (Å²) in [7, 11) is 2.14. The number of amides is 3. The summed E-state index contributed by atoms with van der Waals surface area (Å²) in [4.78, 5) is 30.8. The van der Waals surface area contributed by atoms with E-state index in [2.05, 4.69) is 21.9 Å². The van der Waals surface area contributed by atoms with Crippen LogP contribution in [-0.2, 0) is 4.79 Å². The van der Waals surface area contributed by atoms with E-state index in [4.69, 9.17) is 0 Å². The van der Waals surface area contributed by atoms with Crippen LogP contribution in [0.3, 0.4) is 0 Å². The molecule has 1 N–H and O–H groups in total. The predicted octanol–water partition coefficient (Wildman–Crippen LogP) is 1.63. The minimum absolute atomic E-state index is 0.0240. The molecule has 2 aliphatic heterocycles. The van der Waals surface area contributed by atoms with Crippen LogP contribution in [0.1, 0.15) is 29.5 Å². The minimum atomic E-state index is -0.363. The number of imide groups is 1. The van der Waals surface area contributed by atoms with Crippen molar-refractivity contribution in [1.82, 2.24) is 19.7 Å². The van der Waals surface area contributed by atoms with Gasteiger partial charge in [-0.05, 0) is 69.1 Å². The van der Waals surface area contributed by atoms with Gasteiger partial charge in [-0.25, -0.2) is 9.80 Å². The number of unbranched alkanes of at least 4 members (excludes halogenated alkanes) is 1. The number of urea groups is 1. The molecule has 0 radical (unpaired) electrons. The molecule has 0 spiro atoms. The number of benzene rings is 1. The number of carbonyl (C=O) groups excluding carboxylic acids is 2. The van der Waals surface area contributed by atoms with Gasteiger partial charge in [0.15, 0.2) is 0 Å². The zero-order valence-electron chi connectivity index (χ0n) is 17.6. The number of likely N-dealkylation sites (N-methyl/N-ethyl adjacent to an activating group) is 1. The summed E-state index contributed by atoms with van der Waals surface area (Å²) >= 11 is 0. The molecule has 0 bridgehead atoms. The standard InChI is InChI=1S/C21H31N5O3/c1-16-12-18(13-17(2)20(16)28)14-22-26-15-19(27)25(21(26)29)7-5-4-6-24-10-8-23(3)9-11-24/h12-14,28H,4-11,15H2,1-3H3. The molecule has 2 saturated heterocycles. The van der Waals surface area contributed by atoms with Gasteiger partial charge in [0.2, 0.25) is 0 Å². The van der Waals surface area contributed by atoms with Crippen LogP contribution < -0.4 is 0 Å². The number of aryl methyl sites for hydroxylation is 2. The van der Waals surface area contributed by atoms with Crippen LogP contribution in [-0.4, -0.2) is 95.8 Å². The summed E-state index contributed by atoms with van der Waals surface area (Å²) in [5.74, 6) is 0.0575. The summed E-state index contributed by atoms with van der Waals surface area (Å²) in [5.41, 5.74) is 2.28. The van der Waals surface area contributed by atoms with Crippen molar-refractivity contribution >= 4 is 18.2 Å². The van der Waals surface area contributed by atoms with Gasteiger partial charge in [0, 0.05) is 32.7 Å². The largest absolute Gasteiger partial charge is 0.507 e. The maximum absolute atomic E-state index is 12.5. The predicted molar refractivity (Wildman–Crippen MR) is 112 cm³/mol. The molecule has 0 saturated carbocycles. The van der Waals surface area contributed by atoms with Crippen LogP contribution in [0.4, 0.5) is 4.79 Å². The Labute approximate surface area is 172 Å². The smallest absolute Gasteiger partial charge is 0.347 e. The number of hydrogen-bond donors (Lipinski definition) is 1. The fourth-order valence-electron chi connectivity index (χ4n) is 3.71. The number of rotatable bonds is 7. The number of hydrazone groups is 1. The third-order valence-corrected chi connectivity index (χ3v) is 5.60. The van der Waals surface area contributed by atoms with E-state index in [0.29, 0.717) is 6.54 Å². The number of piperazine rings is 1. The van der Waals surface area contributed by atoms with Crippen LogP contribution in [0.5, 0.6) is 5.75 Å². The lowest BCUT2D eigenvalue weighted by molar-refractivity contribution is -0.125. The molecule has 2 heterocycles. The van der Waals surface area contributed by atoms with Gasteiger partial charge in [-0.3, -0.25) is 9.69 Å². The molecule has 8 nitrogen and oxygen atoms in total. The highest BCUT2D eigenvalue weighted by molar-refractivity contribution is 6.02. The molecular weight excluding hydrogens is 370 g/mol. The molecule has 0 aliphatic carbocycles. The molecule has 0 aromatic heterocycles. The highest BCUT2D eigenvalue weighted by atomic mass is 16.3. The average Bonchev–Trinajstić information content (AvgIpc) is 2.96. The lowest BCUT2D eigenvalue weighted by Gasteiger charge is -2.32. The Kier molecular flexibility index (Phi) is 6.87. The van der Waals surface area contributed by atoms with Crippen molar-refractivity contribution < 1.29 is 14.7 Å². The molecule has 8 heteroatoms. The molecule has 2 aliphatic rings. The molecule has 1 aromatic carbocycles. The van der Waals surface area contributed by atoms with E-state index in [0.717, 1.165) is 62.3 Å². The second kappa shape index (κ2) is 9.37. The van der Waals surface area contributed by atoms with E-state index in [1.54, 1.807) is 18.3 Å². The van der Waals surface area contributed by atoms with Gasteiger partial charge < -0.3 is 14.9 Å². The van der Waals surface area contributed by atoms with E-state index < -0.39 is 0 Å². The van der Waals surface area contributed by atoms with Crippen LogP contribution >= 0.6 is 0 Å². The van der Waals surface area contributed by atoms with Crippen LogP contribution in [0.15, 0.2) is 17.2 Å². The van der Waals surface area contributed by atoms with Crippen molar-refractivity contribution in [1.29, 1.82) is 0 Å². The van der Waals surface area contributed by atoms with Crippen LogP contribution in [0.25, 0.3) is 0 Å². The molecule has 3 amide bonds. The number of hydrogen-bond acceptors (Lipinski definition) is 6. The topological polar surface area (TPSA) is 79.7 Å². The Hall–Kier alpha value is -2.45. The van der Waals surface area contributed by atoms with Gasteiger partial charge in [-0.1, -0.05) is 0 Å². The van der Waals surface area contributed by atoms with Crippen molar-refractivity contribution in [3.8, 4) is 5.75 Å². The van der Waals surface area contributed by atoms with E-state index in [-0.39, 0.29) is 24.2 Å². The van der Waals surface area contributed by atoms with E-state index in [1.807, 2.05) is 13.8 Å². The van der Waals surface area contributed by atoms with Crippen molar-refractivity contribution in [2.24, 2.45) is 5.10 Å². The first-order valence-electron chi connectivity index (χ1n) is 10.2. The zero-order valence-corrected chi connectivity index (χ0v) is 17.6. The molecule has 158 valence electrons. The second-order valence-electron chi connectivity index (χ2n) is 7.99. The SMILES string of the molecule is Cc1cc(C=NN2CC(=O)N(CCCCN3CCN(C)CC3)C2=O)cc(C)c1O. The first kappa shape index (κ1) is 21.3. The molecule has 29 heavy (non-hydrogen) atoms. The normalized spacial score (nSPS) is 19.1. The van der Waals surface area contributed by atoms with Crippen LogP contribution in [0.2, 0.25) is 0 Å². The fourth-order valence-corrected chi connectivity index (χ4v) is 3.71. The number of phenolic OH excluding ortho intramolecular Hbond substituents is 1. The Bertz CT molecular complexity index is 764. The molecular formula is C21H31N5O3. The molecule has 0 atom stereocenters. The lowest BCUT2D eigenvalue weighted by Crippen LogP contribution is -2.44. The zero-order chi connectivity index (χ0) is 21.0. The maximum atomic E-state index is 12.5. The van der Waals surface area contributed by atoms with E-state index in [1.165, 1.54) is 9.91 Å². The van der Waals surface area contributed by atoms with Gasteiger partial charge in [-0.15, -0.1) is 0 Å². The number of aromatic hydroxyl groups is 1.